The molecule has 22 heavy (non-hydrogen) atoms. The van der Waals surface area contributed by atoms with Crippen LogP contribution in [0.3, 0.4) is 0 Å². The average molecular weight is 304 g/mol. The Bertz CT molecular complexity index is 468. The predicted octanol–water partition coefficient (Wildman–Crippen LogP) is 3.12. The fourth-order valence-electron chi connectivity index (χ4n) is 2.87. The third-order valence-corrected chi connectivity index (χ3v) is 3.96. The van der Waals surface area contributed by atoms with Gasteiger partial charge in [0.05, 0.1) is 0 Å². The molecule has 122 valence electrons. The lowest BCUT2D eigenvalue weighted by Gasteiger charge is -2.33. The minimum absolute atomic E-state index is 0.194. The van der Waals surface area contributed by atoms with Crippen LogP contribution in [0.15, 0.2) is 30.3 Å². The number of nitrogens with one attached hydrogen (secondary N) is 2. The SMILES string of the molecule is CC(C)(C)OC(=O)N[C@@H]1CCNC[C@@H]1CCc1ccccc1. The molecule has 1 aromatic carbocycles. The number of hydrogen-bond acceptors (Lipinski definition) is 3. The standard InChI is InChI=1S/C18H28N2O2/c1-18(2,3)22-17(21)20-16-11-12-19-13-15(16)10-9-14-7-5-4-6-8-14/h4-8,15-16,19H,9-13H2,1-3H3,(H,20,21)/t15-,16+/m0/s1. The molecule has 0 saturated carbocycles. The molecule has 0 aliphatic carbocycles. The molecule has 0 radical (unpaired) electrons. The summed E-state index contributed by atoms with van der Waals surface area (Å²) in [6.45, 7) is 7.57. The van der Waals surface area contributed by atoms with Crippen molar-refractivity contribution in [2.45, 2.75) is 51.7 Å². The zero-order chi connectivity index (χ0) is 16.0. The molecule has 0 bridgehead atoms. The maximum absolute atomic E-state index is 12.0. The van der Waals surface area contributed by atoms with Crippen LogP contribution in [-0.4, -0.2) is 30.8 Å². The van der Waals surface area contributed by atoms with Gasteiger partial charge in [0.1, 0.15) is 5.60 Å². The summed E-state index contributed by atoms with van der Waals surface area (Å²) in [5.74, 6) is 0.446. The van der Waals surface area contributed by atoms with Crippen LogP contribution < -0.4 is 10.6 Å². The van der Waals surface area contributed by atoms with Crippen LogP contribution in [0.2, 0.25) is 0 Å². The molecule has 1 heterocycles. The minimum Gasteiger partial charge on any atom is -0.444 e. The van der Waals surface area contributed by atoms with Crippen LogP contribution in [-0.2, 0) is 11.2 Å². The third-order valence-electron chi connectivity index (χ3n) is 3.96. The van der Waals surface area contributed by atoms with Gasteiger partial charge in [-0.2, -0.15) is 0 Å². The number of benzene rings is 1. The van der Waals surface area contributed by atoms with E-state index in [1.54, 1.807) is 0 Å². The second kappa shape index (κ2) is 7.63. The summed E-state index contributed by atoms with van der Waals surface area (Å²) in [6.07, 6.45) is 2.76. The van der Waals surface area contributed by atoms with Gasteiger partial charge in [-0.1, -0.05) is 30.3 Å². The van der Waals surface area contributed by atoms with Gasteiger partial charge in [-0.25, -0.2) is 4.79 Å². The van der Waals surface area contributed by atoms with E-state index in [1.807, 2.05) is 26.8 Å². The number of alkyl carbamates (subject to hydrolysis) is 1. The Morgan fingerprint density at radius 2 is 2.05 bits per heavy atom. The van der Waals surface area contributed by atoms with E-state index in [9.17, 15) is 4.79 Å². The van der Waals surface area contributed by atoms with Gasteiger partial charge in [0.25, 0.3) is 0 Å². The highest BCUT2D eigenvalue weighted by atomic mass is 16.6. The molecule has 1 aliphatic rings. The van der Waals surface area contributed by atoms with Crippen LogP contribution in [0.4, 0.5) is 4.79 Å². The van der Waals surface area contributed by atoms with E-state index in [0.717, 1.165) is 32.4 Å². The van der Waals surface area contributed by atoms with Gasteiger partial charge < -0.3 is 15.4 Å². The lowest BCUT2D eigenvalue weighted by molar-refractivity contribution is 0.0471. The van der Waals surface area contributed by atoms with E-state index in [-0.39, 0.29) is 12.1 Å². The maximum Gasteiger partial charge on any atom is 0.407 e. The fourth-order valence-corrected chi connectivity index (χ4v) is 2.87. The second-order valence-corrected chi connectivity index (χ2v) is 7.03. The van der Waals surface area contributed by atoms with Gasteiger partial charge in [0.15, 0.2) is 0 Å². The Labute approximate surface area is 133 Å². The number of carbonyl (C=O) groups is 1. The molecule has 2 atom stereocenters. The number of carbonyl (C=O) groups excluding carboxylic acids is 1. The lowest BCUT2D eigenvalue weighted by Crippen LogP contribution is -2.50. The Hall–Kier alpha value is -1.55. The number of piperidine rings is 1. The number of amides is 1. The van der Waals surface area contributed by atoms with Crippen LogP contribution in [0.5, 0.6) is 0 Å². The van der Waals surface area contributed by atoms with E-state index in [4.69, 9.17) is 4.74 Å². The van der Waals surface area contributed by atoms with E-state index >= 15 is 0 Å². The molecule has 1 amide bonds. The Morgan fingerprint density at radius 3 is 2.73 bits per heavy atom. The lowest BCUT2D eigenvalue weighted by atomic mass is 9.88. The van der Waals surface area contributed by atoms with Crippen molar-refractivity contribution in [2.75, 3.05) is 13.1 Å². The molecular weight excluding hydrogens is 276 g/mol. The summed E-state index contributed by atoms with van der Waals surface area (Å²) in [6, 6.07) is 10.7. The van der Waals surface area contributed by atoms with Gasteiger partial charge in [0.2, 0.25) is 0 Å². The largest absolute Gasteiger partial charge is 0.444 e. The van der Waals surface area contributed by atoms with Gasteiger partial charge in [-0.15, -0.1) is 0 Å². The monoisotopic (exact) mass is 304 g/mol. The summed E-state index contributed by atoms with van der Waals surface area (Å²) in [5.41, 5.74) is 0.903. The smallest absolute Gasteiger partial charge is 0.407 e. The quantitative estimate of drug-likeness (QED) is 0.898. The third kappa shape index (κ3) is 5.68. The summed E-state index contributed by atoms with van der Waals surface area (Å²) >= 11 is 0. The molecule has 0 spiro atoms. The first-order chi connectivity index (χ1) is 10.4. The topological polar surface area (TPSA) is 50.4 Å². The van der Waals surface area contributed by atoms with Crippen LogP contribution in [0.1, 0.15) is 39.2 Å². The highest BCUT2D eigenvalue weighted by Gasteiger charge is 2.27. The van der Waals surface area contributed by atoms with Gasteiger partial charge in [-0.3, -0.25) is 0 Å². The first-order valence-electron chi connectivity index (χ1n) is 8.18. The summed E-state index contributed by atoms with van der Waals surface area (Å²) in [4.78, 5) is 12.0. The normalized spacial score (nSPS) is 22.1. The summed E-state index contributed by atoms with van der Waals surface area (Å²) < 4.78 is 5.38. The van der Waals surface area contributed by atoms with E-state index in [1.165, 1.54) is 5.56 Å². The summed E-state index contributed by atoms with van der Waals surface area (Å²) in [7, 11) is 0. The second-order valence-electron chi connectivity index (χ2n) is 7.03. The molecule has 2 rings (SSSR count). The average Bonchev–Trinajstić information content (AvgIpc) is 2.45. The Balaban J connectivity index is 1.86. The van der Waals surface area contributed by atoms with E-state index in [0.29, 0.717) is 5.92 Å². The zero-order valence-corrected chi connectivity index (χ0v) is 13.9. The molecule has 1 saturated heterocycles. The molecule has 4 nitrogen and oxygen atoms in total. The molecule has 0 aromatic heterocycles. The first kappa shape index (κ1) is 16.8. The maximum atomic E-state index is 12.0. The van der Waals surface area contributed by atoms with Crippen molar-refractivity contribution in [2.24, 2.45) is 5.92 Å². The van der Waals surface area contributed by atoms with Gasteiger partial charge in [0, 0.05) is 6.04 Å². The predicted molar refractivity (Wildman–Crippen MR) is 88.9 cm³/mol. The molecule has 1 aromatic rings. The highest BCUT2D eigenvalue weighted by molar-refractivity contribution is 5.68. The summed E-state index contributed by atoms with van der Waals surface area (Å²) in [5, 5.41) is 6.49. The van der Waals surface area contributed by atoms with Crippen molar-refractivity contribution < 1.29 is 9.53 Å². The minimum atomic E-state index is -0.448. The Morgan fingerprint density at radius 1 is 1.32 bits per heavy atom. The number of aryl methyl sites for hydroxylation is 1. The van der Waals surface area contributed by atoms with Gasteiger partial charge >= 0.3 is 6.09 Å². The highest BCUT2D eigenvalue weighted by Crippen LogP contribution is 2.19. The molecule has 1 aliphatic heterocycles. The molecule has 0 unspecified atom stereocenters. The fraction of sp³-hybridized carbons (Fsp3) is 0.611. The number of hydrogen-bond donors (Lipinski definition) is 2. The van der Waals surface area contributed by atoms with Crippen LogP contribution >= 0.6 is 0 Å². The van der Waals surface area contributed by atoms with Crippen LogP contribution in [0.25, 0.3) is 0 Å². The van der Waals surface area contributed by atoms with Crippen molar-refractivity contribution >= 4 is 6.09 Å². The van der Waals surface area contributed by atoms with E-state index in [2.05, 4.69) is 34.9 Å². The Kier molecular flexibility index (Phi) is 5.83. The van der Waals surface area contributed by atoms with Crippen molar-refractivity contribution in [1.82, 2.24) is 10.6 Å². The van der Waals surface area contributed by atoms with Crippen molar-refractivity contribution in [1.29, 1.82) is 0 Å². The van der Waals surface area contributed by atoms with E-state index < -0.39 is 5.60 Å². The van der Waals surface area contributed by atoms with Crippen molar-refractivity contribution in [3.05, 3.63) is 35.9 Å². The first-order valence-corrected chi connectivity index (χ1v) is 8.18. The molecule has 1 fully saturated rings. The zero-order valence-electron chi connectivity index (χ0n) is 13.9. The van der Waals surface area contributed by atoms with Crippen LogP contribution in [0, 0.1) is 5.92 Å². The molecular formula is C18H28N2O2. The number of ether oxygens (including phenoxy) is 1. The van der Waals surface area contributed by atoms with Crippen molar-refractivity contribution in [3.8, 4) is 0 Å². The molecule has 2 N–H and O–H groups in total. The van der Waals surface area contributed by atoms with Gasteiger partial charge in [-0.05, 0) is 64.6 Å². The molecule has 4 heteroatoms. The number of rotatable bonds is 4. The van der Waals surface area contributed by atoms with Crippen molar-refractivity contribution in [3.63, 3.8) is 0 Å².